The lowest BCUT2D eigenvalue weighted by Gasteiger charge is -2.31. The summed E-state index contributed by atoms with van der Waals surface area (Å²) < 4.78 is 26.2. The average molecular weight is 356 g/mol. The van der Waals surface area contributed by atoms with E-state index >= 15 is 0 Å². The molecule has 0 radical (unpaired) electrons. The maximum atomic E-state index is 12.5. The predicted octanol–water partition coefficient (Wildman–Crippen LogP) is 2.33. The summed E-state index contributed by atoms with van der Waals surface area (Å²) in [6, 6.07) is 6.47. The third-order valence-electron chi connectivity index (χ3n) is 3.60. The number of sulfonamides is 1. The first-order valence-corrected chi connectivity index (χ1v) is 9.89. The second-order valence-corrected chi connectivity index (χ2v) is 8.66. The molecular weight excluding hydrogens is 326 g/mol. The topological polar surface area (TPSA) is 101 Å². The van der Waals surface area contributed by atoms with E-state index in [0.717, 1.165) is 6.42 Å². The quantitative estimate of drug-likeness (QED) is 0.633. The molecule has 0 aliphatic carbocycles. The van der Waals surface area contributed by atoms with Crippen molar-refractivity contribution in [3.63, 3.8) is 0 Å². The van der Waals surface area contributed by atoms with Crippen molar-refractivity contribution in [1.82, 2.24) is 5.32 Å². The number of nitrogens with one attached hydrogen (secondary N) is 2. The van der Waals surface area contributed by atoms with E-state index in [1.54, 1.807) is 25.1 Å². The Hall–Kier alpha value is -1.60. The fourth-order valence-corrected chi connectivity index (χ4v) is 3.78. The lowest BCUT2D eigenvalue weighted by Crippen LogP contribution is -2.52. The minimum atomic E-state index is -3.38. The Kier molecular flexibility index (Phi) is 7.23. The van der Waals surface area contributed by atoms with Gasteiger partial charge in [0.2, 0.25) is 10.0 Å². The fraction of sp³-hybridized carbons (Fsp3) is 0.588. The highest BCUT2D eigenvalue weighted by atomic mass is 32.2. The van der Waals surface area contributed by atoms with E-state index in [1.165, 1.54) is 6.07 Å². The molecule has 0 spiro atoms. The van der Waals surface area contributed by atoms with Crippen LogP contribution in [0.1, 0.15) is 50.9 Å². The molecule has 0 aliphatic rings. The van der Waals surface area contributed by atoms with E-state index in [9.17, 15) is 13.2 Å². The molecule has 4 N–H and O–H groups in total. The minimum Gasteiger partial charge on any atom is -0.346 e. The lowest BCUT2D eigenvalue weighted by molar-refractivity contribution is 0.0898. The maximum Gasteiger partial charge on any atom is 0.251 e. The van der Waals surface area contributed by atoms with Crippen molar-refractivity contribution in [2.75, 3.05) is 17.0 Å². The van der Waals surface area contributed by atoms with Gasteiger partial charge in [0.1, 0.15) is 0 Å². The van der Waals surface area contributed by atoms with Crippen molar-refractivity contribution >= 4 is 21.6 Å². The van der Waals surface area contributed by atoms with Gasteiger partial charge in [0.25, 0.3) is 5.91 Å². The smallest absolute Gasteiger partial charge is 0.251 e. The Morgan fingerprint density at radius 1 is 1.33 bits per heavy atom. The van der Waals surface area contributed by atoms with Crippen LogP contribution in [0.2, 0.25) is 0 Å². The summed E-state index contributed by atoms with van der Waals surface area (Å²) in [6.07, 6.45) is 1.29. The Morgan fingerprint density at radius 3 is 2.54 bits per heavy atom. The van der Waals surface area contributed by atoms with E-state index in [0.29, 0.717) is 30.1 Å². The van der Waals surface area contributed by atoms with Gasteiger partial charge in [-0.15, -0.1) is 0 Å². The zero-order valence-electron chi connectivity index (χ0n) is 14.9. The Balaban J connectivity index is 2.91. The van der Waals surface area contributed by atoms with E-state index < -0.39 is 15.6 Å². The first kappa shape index (κ1) is 20.4. The summed E-state index contributed by atoms with van der Waals surface area (Å²) in [7, 11) is -3.38. The molecule has 1 aromatic carbocycles. The summed E-state index contributed by atoms with van der Waals surface area (Å²) in [5.74, 6) is 0.175. The molecule has 1 atom stereocenters. The average Bonchev–Trinajstić information content (AvgIpc) is 2.46. The van der Waals surface area contributed by atoms with Crippen molar-refractivity contribution in [2.45, 2.75) is 46.1 Å². The number of hydrogen-bond acceptors (Lipinski definition) is 4. The standard InChI is InChI=1S/C17H29N3O3S/c1-5-9-24(22,23)20-15-8-6-7-14(10-15)16(21)19-17(4,12-18)11-13(2)3/h6-8,10,13,20H,5,9,11-12,18H2,1-4H3,(H,19,21). The zero-order chi connectivity index (χ0) is 18.4. The Morgan fingerprint density at radius 2 is 2.00 bits per heavy atom. The normalized spacial score (nSPS) is 14.2. The number of benzene rings is 1. The summed E-state index contributed by atoms with van der Waals surface area (Å²) in [4.78, 5) is 12.5. The number of rotatable bonds is 9. The minimum absolute atomic E-state index is 0.0447. The molecule has 0 fully saturated rings. The number of anilines is 1. The summed E-state index contributed by atoms with van der Waals surface area (Å²) in [5, 5.41) is 2.96. The number of nitrogens with two attached hydrogens (primary N) is 1. The van der Waals surface area contributed by atoms with Crippen LogP contribution in [0.25, 0.3) is 0 Å². The second kappa shape index (κ2) is 8.48. The van der Waals surface area contributed by atoms with Gasteiger partial charge in [0, 0.05) is 23.3 Å². The highest BCUT2D eigenvalue weighted by Crippen LogP contribution is 2.18. The van der Waals surface area contributed by atoms with E-state index in [-0.39, 0.29) is 11.7 Å². The highest BCUT2D eigenvalue weighted by molar-refractivity contribution is 7.92. The molecule has 136 valence electrons. The van der Waals surface area contributed by atoms with Gasteiger partial charge in [0.15, 0.2) is 0 Å². The summed E-state index contributed by atoms with van der Waals surface area (Å²) in [5.41, 5.74) is 6.11. The zero-order valence-corrected chi connectivity index (χ0v) is 15.7. The van der Waals surface area contributed by atoms with Crippen molar-refractivity contribution in [1.29, 1.82) is 0 Å². The molecule has 0 aliphatic heterocycles. The van der Waals surface area contributed by atoms with Gasteiger partial charge in [-0.2, -0.15) is 0 Å². The van der Waals surface area contributed by atoms with Crippen LogP contribution >= 0.6 is 0 Å². The second-order valence-electron chi connectivity index (χ2n) is 6.82. The molecule has 7 heteroatoms. The lowest BCUT2D eigenvalue weighted by atomic mass is 9.90. The molecule has 1 unspecified atom stereocenters. The van der Waals surface area contributed by atoms with Gasteiger partial charge in [-0.05, 0) is 43.9 Å². The molecule has 0 saturated heterocycles. The SMILES string of the molecule is CCCS(=O)(=O)Nc1cccc(C(=O)NC(C)(CN)CC(C)C)c1. The third-order valence-corrected chi connectivity index (χ3v) is 5.09. The van der Waals surface area contributed by atoms with Gasteiger partial charge >= 0.3 is 0 Å². The van der Waals surface area contributed by atoms with Crippen LogP contribution in [-0.4, -0.2) is 32.2 Å². The number of hydrogen-bond donors (Lipinski definition) is 3. The van der Waals surface area contributed by atoms with Crippen LogP contribution in [0.4, 0.5) is 5.69 Å². The molecule has 6 nitrogen and oxygen atoms in total. The molecular formula is C17H29N3O3S. The van der Waals surface area contributed by atoms with Gasteiger partial charge < -0.3 is 11.1 Å². The predicted molar refractivity (Wildman–Crippen MR) is 98.5 cm³/mol. The van der Waals surface area contributed by atoms with Crippen molar-refractivity contribution in [2.24, 2.45) is 11.7 Å². The first-order chi connectivity index (χ1) is 11.1. The van der Waals surface area contributed by atoms with Gasteiger partial charge in [-0.25, -0.2) is 8.42 Å². The van der Waals surface area contributed by atoms with Gasteiger partial charge in [-0.1, -0.05) is 26.8 Å². The van der Waals surface area contributed by atoms with Crippen LogP contribution in [0, 0.1) is 5.92 Å². The maximum absolute atomic E-state index is 12.5. The number of carbonyl (C=O) groups is 1. The molecule has 1 amide bonds. The molecule has 1 rings (SSSR count). The molecule has 0 saturated carbocycles. The van der Waals surface area contributed by atoms with Crippen molar-refractivity contribution < 1.29 is 13.2 Å². The monoisotopic (exact) mass is 355 g/mol. The van der Waals surface area contributed by atoms with Crippen molar-refractivity contribution in [3.8, 4) is 0 Å². The van der Waals surface area contributed by atoms with Crippen LogP contribution < -0.4 is 15.8 Å². The van der Waals surface area contributed by atoms with Crippen LogP contribution in [0.3, 0.4) is 0 Å². The molecule has 0 aromatic heterocycles. The number of amides is 1. The molecule has 24 heavy (non-hydrogen) atoms. The summed E-state index contributed by atoms with van der Waals surface area (Å²) >= 11 is 0. The number of carbonyl (C=O) groups excluding carboxylic acids is 1. The van der Waals surface area contributed by atoms with Crippen LogP contribution in [0.15, 0.2) is 24.3 Å². The van der Waals surface area contributed by atoms with E-state index in [2.05, 4.69) is 23.9 Å². The fourth-order valence-electron chi connectivity index (χ4n) is 2.66. The van der Waals surface area contributed by atoms with Gasteiger partial charge in [-0.3, -0.25) is 9.52 Å². The van der Waals surface area contributed by atoms with Crippen molar-refractivity contribution in [3.05, 3.63) is 29.8 Å². The van der Waals surface area contributed by atoms with Gasteiger partial charge in [0.05, 0.1) is 5.75 Å². The molecule has 0 bridgehead atoms. The largest absolute Gasteiger partial charge is 0.346 e. The van der Waals surface area contributed by atoms with E-state index in [4.69, 9.17) is 5.73 Å². The van der Waals surface area contributed by atoms with Crippen LogP contribution in [0.5, 0.6) is 0 Å². The Labute approximate surface area is 145 Å². The Bertz CT molecular complexity index is 659. The highest BCUT2D eigenvalue weighted by Gasteiger charge is 2.26. The molecule has 0 heterocycles. The third kappa shape index (κ3) is 6.49. The molecule has 1 aromatic rings. The summed E-state index contributed by atoms with van der Waals surface area (Å²) in [6.45, 7) is 8.19. The first-order valence-electron chi connectivity index (χ1n) is 8.24. The van der Waals surface area contributed by atoms with Crippen LogP contribution in [-0.2, 0) is 10.0 Å². The van der Waals surface area contributed by atoms with E-state index in [1.807, 2.05) is 6.92 Å².